The van der Waals surface area contributed by atoms with Crippen LogP contribution in [0.15, 0.2) is 24.3 Å². The van der Waals surface area contributed by atoms with Crippen LogP contribution in [-0.4, -0.2) is 147 Å². The quantitative estimate of drug-likeness (QED) is 0.249. The number of cyclic esters (lactones) is 1. The number of aliphatic hydroxyl groups is 2. The fourth-order valence-corrected chi connectivity index (χ4v) is 7.98. The maximum absolute atomic E-state index is 13.3. The van der Waals surface area contributed by atoms with Crippen molar-refractivity contribution in [3.05, 3.63) is 24.3 Å². The highest BCUT2D eigenvalue weighted by atomic mass is 16.7. The number of nitrogens with zero attached hydrogens (tertiary/aromatic N) is 2. The van der Waals surface area contributed by atoms with Crippen LogP contribution < -0.4 is 0 Å². The van der Waals surface area contributed by atoms with Crippen LogP contribution in [0, 0.1) is 17.8 Å². The van der Waals surface area contributed by atoms with Gasteiger partial charge in [-0.3, -0.25) is 9.59 Å². The Hall–Kier alpha value is -2.23. The number of carbonyl (C=O) groups is 3. The summed E-state index contributed by atoms with van der Waals surface area (Å²) in [4.78, 5) is 42.1. The molecule has 2 aliphatic heterocycles. The summed E-state index contributed by atoms with van der Waals surface area (Å²) in [5.41, 5.74) is 0. The number of likely N-dealkylation sites (N-methyl/N-ethyl adjacent to an activating group) is 1. The van der Waals surface area contributed by atoms with E-state index in [9.17, 15) is 24.6 Å². The third-order valence-electron chi connectivity index (χ3n) is 10.8. The zero-order chi connectivity index (χ0) is 38.7. The van der Waals surface area contributed by atoms with Crippen molar-refractivity contribution in [1.82, 2.24) is 9.80 Å². The van der Waals surface area contributed by atoms with Crippen LogP contribution in [0.1, 0.15) is 79.6 Å². The molecule has 2 fully saturated rings. The summed E-state index contributed by atoms with van der Waals surface area (Å²) in [6.45, 7) is 9.04. The molecular formula is C39H66N2O11. The number of methoxy groups -OCH3 is 1. The van der Waals surface area contributed by atoms with Gasteiger partial charge in [0.15, 0.2) is 6.29 Å². The lowest BCUT2D eigenvalue weighted by molar-refractivity contribution is -0.224. The van der Waals surface area contributed by atoms with Gasteiger partial charge in [-0.15, -0.1) is 0 Å². The normalized spacial score (nSPS) is 40.0. The highest BCUT2D eigenvalue weighted by Crippen LogP contribution is 2.37. The molecule has 13 heteroatoms. The van der Waals surface area contributed by atoms with Crippen molar-refractivity contribution in [2.45, 2.75) is 153 Å². The van der Waals surface area contributed by atoms with Crippen molar-refractivity contribution < 1.29 is 53.0 Å². The third kappa shape index (κ3) is 12.7. The molecule has 1 aliphatic carbocycles. The average Bonchev–Trinajstić information content (AvgIpc) is 3.04. The summed E-state index contributed by atoms with van der Waals surface area (Å²) in [6.07, 6.45) is 4.00. The van der Waals surface area contributed by atoms with E-state index < -0.39 is 79.0 Å². The van der Waals surface area contributed by atoms with E-state index in [1.54, 1.807) is 25.9 Å². The van der Waals surface area contributed by atoms with Crippen molar-refractivity contribution in [2.75, 3.05) is 35.3 Å². The van der Waals surface area contributed by atoms with Gasteiger partial charge in [-0.25, -0.2) is 0 Å². The van der Waals surface area contributed by atoms with E-state index in [4.69, 9.17) is 28.4 Å². The van der Waals surface area contributed by atoms with E-state index in [0.29, 0.717) is 31.7 Å². The first-order chi connectivity index (χ1) is 24.6. The van der Waals surface area contributed by atoms with Crippen molar-refractivity contribution in [3.8, 4) is 0 Å². The standard InChI is InChI=1S/C39H66N2O11/c1-23-18-28(16-17-42)38(52-31-19-24(2)36(45)35(37(31)46)41(8)9)39(47-10)32(50-27(5)43)22-33(44)48-25(3)14-12-11-13-15-30(23)51-34-21-29(40(6)7)20-26(4)49-34/h11-13,15,17,23-26,28-32,34-39,45-46H,14,16,18-22H2,1-10H3. The Morgan fingerprint density at radius 1 is 0.904 bits per heavy atom. The maximum Gasteiger partial charge on any atom is 0.309 e. The SMILES string of the molecule is COC1C(OC(C)=O)CC(=O)OC(C)CC=CC=CC(OC2CC(N(C)C)CC(C)O2)C(C)CC(CC=O)C1OC1CC(C)C(O)C(N(C)C)C1O. The Morgan fingerprint density at radius 2 is 1.62 bits per heavy atom. The van der Waals surface area contributed by atoms with Gasteiger partial charge in [-0.05, 0) is 79.1 Å². The Bertz CT molecular complexity index is 1180. The van der Waals surface area contributed by atoms with Crippen LogP contribution in [0.2, 0.25) is 0 Å². The first kappa shape index (κ1) is 44.2. The van der Waals surface area contributed by atoms with E-state index in [0.717, 1.165) is 12.7 Å². The molecule has 52 heavy (non-hydrogen) atoms. The number of hydrogen-bond donors (Lipinski definition) is 2. The molecule has 298 valence electrons. The van der Waals surface area contributed by atoms with Crippen LogP contribution in [-0.2, 0) is 42.8 Å². The van der Waals surface area contributed by atoms with Crippen LogP contribution in [0.5, 0.6) is 0 Å². The van der Waals surface area contributed by atoms with Gasteiger partial charge in [0, 0.05) is 39.3 Å². The minimum absolute atomic E-state index is 0.0100. The van der Waals surface area contributed by atoms with Crippen molar-refractivity contribution in [1.29, 1.82) is 0 Å². The fourth-order valence-electron chi connectivity index (χ4n) is 7.98. The number of aldehydes is 1. The van der Waals surface area contributed by atoms with Gasteiger partial charge in [0.05, 0.1) is 49.1 Å². The van der Waals surface area contributed by atoms with Gasteiger partial charge in [-0.2, -0.15) is 0 Å². The zero-order valence-corrected chi connectivity index (χ0v) is 33.0. The summed E-state index contributed by atoms with van der Waals surface area (Å²) in [5.74, 6) is -2.13. The zero-order valence-electron chi connectivity index (χ0n) is 33.0. The van der Waals surface area contributed by atoms with Gasteiger partial charge in [0.1, 0.15) is 24.6 Å². The molecule has 3 aliphatic rings. The molecular weight excluding hydrogens is 672 g/mol. The van der Waals surface area contributed by atoms with Crippen molar-refractivity contribution in [3.63, 3.8) is 0 Å². The molecule has 0 aromatic rings. The number of allylic oxidation sites excluding steroid dienone is 2. The lowest BCUT2D eigenvalue weighted by atomic mass is 9.78. The Balaban J connectivity index is 2.10. The second-order valence-electron chi connectivity index (χ2n) is 15.6. The second kappa shape index (κ2) is 21.0. The molecule has 2 heterocycles. The predicted molar refractivity (Wildman–Crippen MR) is 195 cm³/mol. The molecule has 0 radical (unpaired) electrons. The van der Waals surface area contributed by atoms with E-state index >= 15 is 0 Å². The summed E-state index contributed by atoms with van der Waals surface area (Å²) in [6, 6.07) is -0.330. The Labute approximate surface area is 310 Å². The molecule has 15 unspecified atom stereocenters. The number of rotatable bonds is 10. The highest BCUT2D eigenvalue weighted by Gasteiger charge is 2.48. The first-order valence-corrected chi connectivity index (χ1v) is 18.9. The summed E-state index contributed by atoms with van der Waals surface area (Å²) >= 11 is 0. The number of aliphatic hydroxyl groups excluding tert-OH is 2. The van der Waals surface area contributed by atoms with Gasteiger partial charge in [-0.1, -0.05) is 38.2 Å². The molecule has 0 bridgehead atoms. The molecule has 1 saturated heterocycles. The minimum Gasteiger partial charge on any atom is -0.462 e. The molecule has 0 spiro atoms. The summed E-state index contributed by atoms with van der Waals surface area (Å²) in [5, 5.41) is 22.6. The largest absolute Gasteiger partial charge is 0.462 e. The molecule has 3 rings (SSSR count). The molecule has 0 aromatic carbocycles. The lowest BCUT2D eigenvalue weighted by Crippen LogP contribution is -2.61. The average molecular weight is 739 g/mol. The van der Waals surface area contributed by atoms with E-state index in [-0.39, 0.29) is 30.8 Å². The third-order valence-corrected chi connectivity index (χ3v) is 10.8. The van der Waals surface area contributed by atoms with Crippen LogP contribution in [0.25, 0.3) is 0 Å². The van der Waals surface area contributed by atoms with Gasteiger partial charge < -0.3 is 53.2 Å². The molecule has 1 saturated carbocycles. The van der Waals surface area contributed by atoms with Gasteiger partial charge in [0.25, 0.3) is 0 Å². The molecule has 0 aromatic heterocycles. The van der Waals surface area contributed by atoms with E-state index in [1.165, 1.54) is 14.0 Å². The van der Waals surface area contributed by atoms with Crippen LogP contribution >= 0.6 is 0 Å². The lowest BCUT2D eigenvalue weighted by Gasteiger charge is -2.47. The number of carbonyl (C=O) groups excluding carboxylic acids is 3. The Kier molecular flexibility index (Phi) is 17.9. The van der Waals surface area contributed by atoms with Gasteiger partial charge in [0.2, 0.25) is 0 Å². The Morgan fingerprint density at radius 3 is 2.23 bits per heavy atom. The predicted octanol–water partition coefficient (Wildman–Crippen LogP) is 3.29. The van der Waals surface area contributed by atoms with Crippen LogP contribution in [0.3, 0.4) is 0 Å². The maximum atomic E-state index is 13.3. The summed E-state index contributed by atoms with van der Waals surface area (Å²) in [7, 11) is 9.14. The van der Waals surface area contributed by atoms with Crippen molar-refractivity contribution >= 4 is 18.2 Å². The minimum atomic E-state index is -1.12. The molecule has 2 N–H and O–H groups in total. The molecule has 13 nitrogen and oxygen atoms in total. The highest BCUT2D eigenvalue weighted by molar-refractivity contribution is 5.72. The topological polar surface area (TPSA) is 154 Å². The van der Waals surface area contributed by atoms with Crippen LogP contribution in [0.4, 0.5) is 0 Å². The first-order valence-electron chi connectivity index (χ1n) is 18.9. The second-order valence-corrected chi connectivity index (χ2v) is 15.6. The fraction of sp³-hybridized carbons (Fsp3) is 0.821. The van der Waals surface area contributed by atoms with Gasteiger partial charge >= 0.3 is 11.9 Å². The van der Waals surface area contributed by atoms with E-state index in [2.05, 4.69) is 19.0 Å². The van der Waals surface area contributed by atoms with E-state index in [1.807, 2.05) is 45.1 Å². The monoisotopic (exact) mass is 738 g/mol. The smallest absolute Gasteiger partial charge is 0.309 e. The number of ether oxygens (including phenoxy) is 6. The molecule has 0 amide bonds. The number of hydrogen-bond acceptors (Lipinski definition) is 13. The van der Waals surface area contributed by atoms with Crippen molar-refractivity contribution in [2.24, 2.45) is 17.8 Å². The number of esters is 2. The molecule has 15 atom stereocenters. The summed E-state index contributed by atoms with van der Waals surface area (Å²) < 4.78 is 37.3.